The van der Waals surface area contributed by atoms with Crippen molar-refractivity contribution in [1.82, 2.24) is 0 Å². The summed E-state index contributed by atoms with van der Waals surface area (Å²) in [6, 6.07) is 0. The molecule has 0 aromatic heterocycles. The molecule has 0 bridgehead atoms. The second-order valence-corrected chi connectivity index (χ2v) is 6.17. The van der Waals surface area contributed by atoms with Crippen LogP contribution in [0.4, 0.5) is 0 Å². The van der Waals surface area contributed by atoms with Gasteiger partial charge in [-0.1, -0.05) is 20.3 Å². The highest BCUT2D eigenvalue weighted by atomic mass is 31.1. The average molecular weight is 158 g/mol. The highest BCUT2D eigenvalue weighted by Crippen LogP contribution is 2.48. The third-order valence-electron chi connectivity index (χ3n) is 2.63. The maximum absolute atomic E-state index is 2.37. The standard InChI is InChI=1S/C9H19P/c1-3-9-7-5-6-8-10(9)4-2/h9H,3-8H2,1-2H3. The highest BCUT2D eigenvalue weighted by Gasteiger charge is 2.20. The van der Waals surface area contributed by atoms with Crippen molar-refractivity contribution in [2.45, 2.75) is 45.2 Å². The fourth-order valence-electron chi connectivity index (χ4n) is 1.94. The Morgan fingerprint density at radius 2 is 2.10 bits per heavy atom. The molecule has 2 atom stereocenters. The summed E-state index contributed by atoms with van der Waals surface area (Å²) in [6.45, 7) is 4.74. The summed E-state index contributed by atoms with van der Waals surface area (Å²) in [6.07, 6.45) is 9.07. The zero-order valence-electron chi connectivity index (χ0n) is 7.27. The Kier molecular flexibility index (Phi) is 3.70. The quantitative estimate of drug-likeness (QED) is 0.540. The molecular formula is C9H19P. The van der Waals surface area contributed by atoms with Gasteiger partial charge in [0.2, 0.25) is 0 Å². The summed E-state index contributed by atoms with van der Waals surface area (Å²) < 4.78 is 0. The van der Waals surface area contributed by atoms with Crippen molar-refractivity contribution >= 4 is 7.92 Å². The lowest BCUT2D eigenvalue weighted by Crippen LogP contribution is -2.12. The first kappa shape index (κ1) is 8.53. The molecule has 1 rings (SSSR count). The maximum atomic E-state index is 2.37. The van der Waals surface area contributed by atoms with Gasteiger partial charge in [0.15, 0.2) is 0 Å². The van der Waals surface area contributed by atoms with Crippen molar-refractivity contribution in [1.29, 1.82) is 0 Å². The molecule has 2 unspecified atom stereocenters. The van der Waals surface area contributed by atoms with E-state index in [1.165, 1.54) is 31.8 Å². The van der Waals surface area contributed by atoms with E-state index in [-0.39, 0.29) is 0 Å². The van der Waals surface area contributed by atoms with Gasteiger partial charge in [-0.3, -0.25) is 0 Å². The predicted molar refractivity (Wildman–Crippen MR) is 50.3 cm³/mol. The molecule has 1 heteroatoms. The molecule has 10 heavy (non-hydrogen) atoms. The van der Waals surface area contributed by atoms with Crippen LogP contribution in [0.15, 0.2) is 0 Å². The maximum Gasteiger partial charge on any atom is -0.0212 e. The second kappa shape index (κ2) is 4.34. The SMILES string of the molecule is CCC1CCCCP1CC. The van der Waals surface area contributed by atoms with Crippen LogP contribution in [0.5, 0.6) is 0 Å². The third-order valence-corrected chi connectivity index (χ3v) is 5.99. The molecule has 0 spiro atoms. The van der Waals surface area contributed by atoms with E-state index >= 15 is 0 Å². The lowest BCUT2D eigenvalue weighted by atomic mass is 10.1. The molecule has 0 aromatic carbocycles. The Morgan fingerprint density at radius 1 is 1.30 bits per heavy atom. The summed E-state index contributed by atoms with van der Waals surface area (Å²) in [5.41, 5.74) is 1.13. The van der Waals surface area contributed by atoms with E-state index in [0.29, 0.717) is 7.92 Å². The first-order valence-electron chi connectivity index (χ1n) is 4.62. The van der Waals surface area contributed by atoms with Gasteiger partial charge in [-0.2, -0.15) is 0 Å². The van der Waals surface area contributed by atoms with Crippen molar-refractivity contribution < 1.29 is 0 Å². The first-order valence-corrected chi connectivity index (χ1v) is 6.40. The summed E-state index contributed by atoms with van der Waals surface area (Å²) in [5.74, 6) is 0. The van der Waals surface area contributed by atoms with Crippen LogP contribution in [0.1, 0.15) is 39.5 Å². The van der Waals surface area contributed by atoms with Crippen molar-refractivity contribution in [2.24, 2.45) is 0 Å². The van der Waals surface area contributed by atoms with Crippen molar-refractivity contribution in [3.05, 3.63) is 0 Å². The van der Waals surface area contributed by atoms with Crippen LogP contribution >= 0.6 is 7.92 Å². The zero-order valence-corrected chi connectivity index (χ0v) is 8.16. The van der Waals surface area contributed by atoms with E-state index in [1.54, 1.807) is 6.16 Å². The van der Waals surface area contributed by atoms with E-state index in [2.05, 4.69) is 13.8 Å². The molecule has 1 aliphatic heterocycles. The minimum Gasteiger partial charge on any atom is -0.104 e. The van der Waals surface area contributed by atoms with Crippen LogP contribution in [0.2, 0.25) is 0 Å². The fraction of sp³-hybridized carbons (Fsp3) is 1.00. The van der Waals surface area contributed by atoms with Crippen molar-refractivity contribution in [3.63, 3.8) is 0 Å². The summed E-state index contributed by atoms with van der Waals surface area (Å²) >= 11 is 0. The average Bonchev–Trinajstić information content (AvgIpc) is 2.04. The van der Waals surface area contributed by atoms with Crippen molar-refractivity contribution in [3.8, 4) is 0 Å². The summed E-state index contributed by atoms with van der Waals surface area (Å²) in [5, 5.41) is 0. The van der Waals surface area contributed by atoms with E-state index in [9.17, 15) is 0 Å². The van der Waals surface area contributed by atoms with Crippen LogP contribution < -0.4 is 0 Å². The molecule has 1 heterocycles. The lowest BCUT2D eigenvalue weighted by Gasteiger charge is -2.30. The van der Waals surface area contributed by atoms with Gasteiger partial charge in [0, 0.05) is 0 Å². The Hall–Kier alpha value is 0.430. The molecule has 0 amide bonds. The molecule has 0 aromatic rings. The van der Waals surface area contributed by atoms with Gasteiger partial charge < -0.3 is 0 Å². The Balaban J connectivity index is 2.34. The minimum atomic E-state index is 0.467. The van der Waals surface area contributed by atoms with Gasteiger partial charge in [0.25, 0.3) is 0 Å². The van der Waals surface area contributed by atoms with Gasteiger partial charge >= 0.3 is 0 Å². The summed E-state index contributed by atoms with van der Waals surface area (Å²) in [4.78, 5) is 0. The highest BCUT2D eigenvalue weighted by molar-refractivity contribution is 7.58. The molecule has 0 nitrogen and oxygen atoms in total. The fourth-order valence-corrected chi connectivity index (χ4v) is 4.83. The lowest BCUT2D eigenvalue weighted by molar-refractivity contribution is 0.636. The van der Waals surface area contributed by atoms with Gasteiger partial charge in [0.05, 0.1) is 0 Å². The molecule has 60 valence electrons. The van der Waals surface area contributed by atoms with Gasteiger partial charge in [-0.15, -0.1) is 7.92 Å². The Morgan fingerprint density at radius 3 is 2.60 bits per heavy atom. The number of hydrogen-bond donors (Lipinski definition) is 0. The van der Waals surface area contributed by atoms with Crippen molar-refractivity contribution in [2.75, 3.05) is 12.3 Å². The molecular weight excluding hydrogens is 139 g/mol. The Bertz CT molecular complexity index is 78.7. The van der Waals surface area contributed by atoms with Gasteiger partial charge in [-0.25, -0.2) is 0 Å². The second-order valence-electron chi connectivity index (χ2n) is 3.19. The molecule has 1 fully saturated rings. The zero-order chi connectivity index (χ0) is 7.40. The van der Waals surface area contributed by atoms with Crippen LogP contribution in [-0.2, 0) is 0 Å². The first-order chi connectivity index (χ1) is 4.88. The van der Waals surface area contributed by atoms with E-state index in [0.717, 1.165) is 5.66 Å². The number of rotatable bonds is 2. The molecule has 1 saturated heterocycles. The summed E-state index contributed by atoms with van der Waals surface area (Å²) in [7, 11) is 0.467. The van der Waals surface area contributed by atoms with Crippen LogP contribution in [-0.4, -0.2) is 18.0 Å². The van der Waals surface area contributed by atoms with E-state index in [4.69, 9.17) is 0 Å². The normalized spacial score (nSPS) is 34.2. The largest absolute Gasteiger partial charge is 0.104 e. The van der Waals surface area contributed by atoms with Gasteiger partial charge in [0.1, 0.15) is 0 Å². The van der Waals surface area contributed by atoms with E-state index in [1.807, 2.05) is 0 Å². The molecule has 0 N–H and O–H groups in total. The van der Waals surface area contributed by atoms with Crippen LogP contribution in [0, 0.1) is 0 Å². The molecule has 0 aliphatic carbocycles. The van der Waals surface area contributed by atoms with Crippen LogP contribution in [0.3, 0.4) is 0 Å². The number of hydrogen-bond acceptors (Lipinski definition) is 0. The minimum absolute atomic E-state index is 0.467. The molecule has 0 radical (unpaired) electrons. The smallest absolute Gasteiger partial charge is 0.0212 e. The van der Waals surface area contributed by atoms with Gasteiger partial charge in [-0.05, 0) is 37.2 Å². The van der Waals surface area contributed by atoms with Crippen LogP contribution in [0.25, 0.3) is 0 Å². The third kappa shape index (κ3) is 1.95. The Labute approximate surface area is 66.2 Å². The monoisotopic (exact) mass is 158 g/mol. The van der Waals surface area contributed by atoms with E-state index < -0.39 is 0 Å². The molecule has 1 aliphatic rings. The predicted octanol–water partition coefficient (Wildman–Crippen LogP) is 3.45. The molecule has 0 saturated carbocycles. The topological polar surface area (TPSA) is 0 Å².